The normalized spacial score (nSPS) is 13.2. The van der Waals surface area contributed by atoms with Crippen LogP contribution in [-0.4, -0.2) is 11.2 Å². The van der Waals surface area contributed by atoms with Crippen LogP contribution in [0.2, 0.25) is 0 Å². The number of rotatable bonds is 3. The van der Waals surface area contributed by atoms with Gasteiger partial charge in [0.05, 0.1) is 6.54 Å². The molecule has 82 valence electrons. The average Bonchev–Trinajstić information content (AvgIpc) is 2.97. The molecule has 2 N–H and O–H groups in total. The maximum Gasteiger partial charge on any atom is 0.0584 e. The van der Waals surface area contributed by atoms with E-state index in [1.165, 1.54) is 16.8 Å². The highest BCUT2D eigenvalue weighted by Crippen LogP contribution is 2.26. The van der Waals surface area contributed by atoms with Crippen LogP contribution in [0.4, 0.5) is 5.69 Å². The number of para-hydroxylation sites is 1. The zero-order valence-electron chi connectivity index (χ0n) is 9.11. The minimum absolute atomic E-state index is 0.852. The smallest absolute Gasteiger partial charge is 0.0584 e. The molecule has 3 nitrogen and oxygen atoms in total. The molecule has 3 rings (SSSR count). The third kappa shape index (κ3) is 1.65. The van der Waals surface area contributed by atoms with Gasteiger partial charge in [0, 0.05) is 24.6 Å². The molecule has 0 aliphatic carbocycles. The Morgan fingerprint density at radius 3 is 2.94 bits per heavy atom. The van der Waals surface area contributed by atoms with Gasteiger partial charge in [-0.2, -0.15) is 0 Å². The molecule has 0 fully saturated rings. The van der Waals surface area contributed by atoms with Gasteiger partial charge in [0.2, 0.25) is 0 Å². The van der Waals surface area contributed by atoms with Gasteiger partial charge in [0.25, 0.3) is 0 Å². The lowest BCUT2D eigenvalue weighted by Gasteiger charge is -2.11. The second-order valence-corrected chi connectivity index (χ2v) is 4.05. The van der Waals surface area contributed by atoms with E-state index in [0.29, 0.717) is 0 Å². The van der Waals surface area contributed by atoms with Crippen molar-refractivity contribution in [2.45, 2.75) is 13.0 Å². The van der Waals surface area contributed by atoms with Crippen molar-refractivity contribution in [2.75, 3.05) is 17.3 Å². The van der Waals surface area contributed by atoms with E-state index in [1.807, 2.05) is 29.2 Å². The fourth-order valence-corrected chi connectivity index (χ4v) is 2.17. The van der Waals surface area contributed by atoms with E-state index in [0.717, 1.165) is 19.5 Å². The van der Waals surface area contributed by atoms with Crippen molar-refractivity contribution in [2.24, 2.45) is 0 Å². The van der Waals surface area contributed by atoms with Crippen LogP contribution in [-0.2, 0) is 13.0 Å². The van der Waals surface area contributed by atoms with E-state index in [1.54, 1.807) is 0 Å². The van der Waals surface area contributed by atoms with E-state index < -0.39 is 0 Å². The van der Waals surface area contributed by atoms with Crippen molar-refractivity contribution in [3.63, 3.8) is 0 Å². The van der Waals surface area contributed by atoms with Gasteiger partial charge in [-0.05, 0) is 29.7 Å². The van der Waals surface area contributed by atoms with Crippen molar-refractivity contribution < 1.29 is 0 Å². The Morgan fingerprint density at radius 2 is 2.06 bits per heavy atom. The van der Waals surface area contributed by atoms with E-state index in [4.69, 9.17) is 0 Å². The third-order valence-electron chi connectivity index (χ3n) is 2.99. The number of nitrogens with zero attached hydrogens (tertiary/aromatic N) is 1. The fraction of sp³-hybridized carbons (Fsp3) is 0.231. The van der Waals surface area contributed by atoms with Gasteiger partial charge in [0.15, 0.2) is 0 Å². The summed E-state index contributed by atoms with van der Waals surface area (Å²) in [6, 6.07) is 10.5. The molecule has 2 aromatic rings. The highest BCUT2D eigenvalue weighted by molar-refractivity contribution is 5.61. The largest absolute Gasteiger partial charge is 0.384 e. The number of fused-ring (bicyclic) bond motifs is 1. The van der Waals surface area contributed by atoms with Crippen molar-refractivity contribution in [1.29, 1.82) is 0 Å². The second-order valence-electron chi connectivity index (χ2n) is 4.05. The maximum absolute atomic E-state index is 3.45. The molecule has 0 saturated heterocycles. The van der Waals surface area contributed by atoms with Gasteiger partial charge in [0.1, 0.15) is 0 Å². The molecule has 0 saturated carbocycles. The second kappa shape index (κ2) is 3.93. The molecule has 1 aliphatic heterocycles. The van der Waals surface area contributed by atoms with Crippen LogP contribution in [0.15, 0.2) is 42.7 Å². The number of hydrogen-bond donors (Lipinski definition) is 2. The predicted octanol–water partition coefficient (Wildman–Crippen LogP) is 2.20. The lowest BCUT2D eigenvalue weighted by atomic mass is 10.1. The van der Waals surface area contributed by atoms with Gasteiger partial charge in [-0.25, -0.2) is 0 Å². The van der Waals surface area contributed by atoms with E-state index in [2.05, 4.69) is 28.9 Å². The quantitative estimate of drug-likeness (QED) is 0.818. The molecule has 1 aromatic heterocycles. The minimum atomic E-state index is 0.852. The minimum Gasteiger partial charge on any atom is -0.384 e. The first-order valence-electron chi connectivity index (χ1n) is 5.65. The lowest BCUT2D eigenvalue weighted by molar-refractivity contribution is 0.848. The van der Waals surface area contributed by atoms with E-state index in [-0.39, 0.29) is 0 Å². The van der Waals surface area contributed by atoms with Crippen LogP contribution >= 0.6 is 0 Å². The van der Waals surface area contributed by atoms with Crippen LogP contribution in [0.1, 0.15) is 11.1 Å². The molecule has 16 heavy (non-hydrogen) atoms. The molecule has 0 amide bonds. The van der Waals surface area contributed by atoms with Gasteiger partial charge in [-0.1, -0.05) is 18.2 Å². The van der Waals surface area contributed by atoms with Gasteiger partial charge in [-0.15, -0.1) is 0 Å². The summed E-state index contributed by atoms with van der Waals surface area (Å²) in [6.07, 6.45) is 5.17. The summed E-state index contributed by atoms with van der Waals surface area (Å²) in [5, 5.41) is 3.45. The zero-order chi connectivity index (χ0) is 10.8. The maximum atomic E-state index is 3.45. The number of benzene rings is 1. The monoisotopic (exact) mass is 213 g/mol. The lowest BCUT2D eigenvalue weighted by Crippen LogP contribution is -2.12. The molecule has 0 radical (unpaired) electrons. The molecular formula is C13H15N3. The van der Waals surface area contributed by atoms with Crippen LogP contribution in [0, 0.1) is 0 Å². The number of hydrogen-bond acceptors (Lipinski definition) is 2. The summed E-state index contributed by atoms with van der Waals surface area (Å²) < 4.78 is 1.98. The number of anilines is 1. The Labute approximate surface area is 95.1 Å². The molecule has 3 heteroatoms. The molecule has 2 heterocycles. The Hall–Kier alpha value is -1.90. The summed E-state index contributed by atoms with van der Waals surface area (Å²) >= 11 is 0. The summed E-state index contributed by atoms with van der Waals surface area (Å²) in [6.45, 7) is 1.92. The Morgan fingerprint density at radius 1 is 1.19 bits per heavy atom. The SMILES string of the molecule is c1cc2c(c(CNn3cccc3)c1)NCC2. The molecule has 1 aromatic carbocycles. The Balaban J connectivity index is 1.78. The van der Waals surface area contributed by atoms with Crippen molar-refractivity contribution in [3.8, 4) is 0 Å². The van der Waals surface area contributed by atoms with Crippen LogP contribution in [0.5, 0.6) is 0 Å². The van der Waals surface area contributed by atoms with Crippen molar-refractivity contribution >= 4 is 5.69 Å². The van der Waals surface area contributed by atoms with Crippen LogP contribution in [0.25, 0.3) is 0 Å². The van der Waals surface area contributed by atoms with Gasteiger partial charge < -0.3 is 10.7 Å². The Kier molecular flexibility index (Phi) is 2.29. The van der Waals surface area contributed by atoms with Crippen LogP contribution in [0.3, 0.4) is 0 Å². The molecule has 1 aliphatic rings. The summed E-state index contributed by atoms with van der Waals surface area (Å²) in [7, 11) is 0. The molecule has 0 bridgehead atoms. The van der Waals surface area contributed by atoms with Crippen LogP contribution < -0.4 is 10.7 Å². The standard InChI is InChI=1S/C13H15N3/c1-2-9-16(8-1)15-10-12-5-3-4-11-6-7-14-13(11)12/h1-5,8-9,14-15H,6-7,10H2. The first kappa shape index (κ1) is 9.33. The van der Waals surface area contributed by atoms with Crippen molar-refractivity contribution in [3.05, 3.63) is 53.9 Å². The van der Waals surface area contributed by atoms with E-state index in [9.17, 15) is 0 Å². The first-order valence-corrected chi connectivity index (χ1v) is 5.65. The third-order valence-corrected chi connectivity index (χ3v) is 2.99. The zero-order valence-corrected chi connectivity index (χ0v) is 9.11. The summed E-state index contributed by atoms with van der Waals surface area (Å²) in [5.41, 5.74) is 7.44. The van der Waals surface area contributed by atoms with Gasteiger partial charge >= 0.3 is 0 Å². The predicted molar refractivity (Wildman–Crippen MR) is 66.1 cm³/mol. The molecule has 0 atom stereocenters. The van der Waals surface area contributed by atoms with Gasteiger partial charge in [-0.3, -0.25) is 4.68 Å². The number of nitrogens with one attached hydrogen (secondary N) is 2. The number of aromatic nitrogens is 1. The average molecular weight is 213 g/mol. The highest BCUT2D eigenvalue weighted by atomic mass is 15.4. The Bertz CT molecular complexity index is 474. The molecule has 0 unspecified atom stereocenters. The highest BCUT2D eigenvalue weighted by Gasteiger charge is 2.12. The topological polar surface area (TPSA) is 29.0 Å². The van der Waals surface area contributed by atoms with E-state index >= 15 is 0 Å². The van der Waals surface area contributed by atoms with Crippen molar-refractivity contribution in [1.82, 2.24) is 4.68 Å². The molecule has 0 spiro atoms. The summed E-state index contributed by atoms with van der Waals surface area (Å²) in [4.78, 5) is 0. The summed E-state index contributed by atoms with van der Waals surface area (Å²) in [5.74, 6) is 0. The molecular weight excluding hydrogens is 198 g/mol. The fourth-order valence-electron chi connectivity index (χ4n) is 2.17. The first-order chi connectivity index (χ1) is 7.93.